The van der Waals surface area contributed by atoms with Crippen LogP contribution in [0.15, 0.2) is 12.1 Å². The van der Waals surface area contributed by atoms with Crippen molar-refractivity contribution in [1.29, 1.82) is 0 Å². The summed E-state index contributed by atoms with van der Waals surface area (Å²) in [6.45, 7) is 7.03. The van der Waals surface area contributed by atoms with Crippen molar-refractivity contribution in [3.63, 3.8) is 0 Å². The van der Waals surface area contributed by atoms with Gasteiger partial charge >= 0.3 is 5.97 Å². The number of H-pyrrole nitrogens is 1. The molecule has 6 nitrogen and oxygen atoms in total. The zero-order valence-corrected chi connectivity index (χ0v) is 17.5. The van der Waals surface area contributed by atoms with Crippen LogP contribution < -0.4 is 5.32 Å². The van der Waals surface area contributed by atoms with Gasteiger partial charge in [0.25, 0.3) is 0 Å². The van der Waals surface area contributed by atoms with E-state index in [9.17, 15) is 14.4 Å². The normalized spacial score (nSPS) is 10.6. The Labute approximate surface area is 169 Å². The molecule has 2 N–H and O–H groups in total. The minimum absolute atomic E-state index is 0.0998. The molecule has 0 atom stereocenters. The van der Waals surface area contributed by atoms with Crippen LogP contribution in [0, 0.1) is 6.92 Å². The Hall–Kier alpha value is -2.60. The van der Waals surface area contributed by atoms with Gasteiger partial charge in [-0.25, -0.2) is 4.79 Å². The molecule has 7 heteroatoms. The quantitative estimate of drug-likeness (QED) is 0.532. The Balaban J connectivity index is 2.39. The number of carbonyl (C=O) groups excluding carboxylic acids is 3. The zero-order chi connectivity index (χ0) is 21.0. The van der Waals surface area contributed by atoms with Crippen LogP contribution in [0.5, 0.6) is 0 Å². The molecule has 2 rings (SSSR count). The van der Waals surface area contributed by atoms with Crippen molar-refractivity contribution in [1.82, 2.24) is 4.98 Å². The van der Waals surface area contributed by atoms with Crippen LogP contribution in [-0.2, 0) is 28.8 Å². The fourth-order valence-corrected chi connectivity index (χ4v) is 3.62. The predicted octanol–water partition coefficient (Wildman–Crippen LogP) is 4.27. The van der Waals surface area contributed by atoms with Gasteiger partial charge in [-0.3, -0.25) is 9.59 Å². The van der Waals surface area contributed by atoms with E-state index in [4.69, 9.17) is 16.3 Å². The molecule has 150 valence electrons. The van der Waals surface area contributed by atoms with Gasteiger partial charge in [-0.1, -0.05) is 31.5 Å². The SMILES string of the molecule is CCc1ccc(Cl)c(CC)c1NC(=O)Cc1[nH]c(C(C)=O)c(C)c1C(=O)OC. The lowest BCUT2D eigenvalue weighted by Gasteiger charge is -2.16. The van der Waals surface area contributed by atoms with Crippen molar-refractivity contribution in [2.75, 3.05) is 12.4 Å². The summed E-state index contributed by atoms with van der Waals surface area (Å²) < 4.78 is 4.82. The first-order valence-electron chi connectivity index (χ1n) is 9.15. The number of hydrogen-bond donors (Lipinski definition) is 2. The molecule has 0 aliphatic rings. The van der Waals surface area contributed by atoms with Crippen molar-refractivity contribution in [2.45, 2.75) is 47.0 Å². The summed E-state index contributed by atoms with van der Waals surface area (Å²) in [7, 11) is 1.26. The lowest BCUT2D eigenvalue weighted by molar-refractivity contribution is -0.115. The Bertz CT molecular complexity index is 931. The predicted molar refractivity (Wildman–Crippen MR) is 109 cm³/mol. The van der Waals surface area contributed by atoms with Crippen molar-refractivity contribution in [3.05, 3.63) is 50.8 Å². The minimum atomic E-state index is -0.588. The first-order valence-corrected chi connectivity index (χ1v) is 9.53. The largest absolute Gasteiger partial charge is 0.465 e. The highest BCUT2D eigenvalue weighted by Gasteiger charge is 2.25. The number of esters is 1. The molecule has 0 radical (unpaired) electrons. The van der Waals surface area contributed by atoms with Crippen LogP contribution in [-0.4, -0.2) is 29.8 Å². The number of halogens is 1. The maximum Gasteiger partial charge on any atom is 0.339 e. The van der Waals surface area contributed by atoms with Gasteiger partial charge in [0.05, 0.1) is 24.8 Å². The van der Waals surface area contributed by atoms with Gasteiger partial charge in [0.2, 0.25) is 5.91 Å². The van der Waals surface area contributed by atoms with E-state index in [1.54, 1.807) is 6.92 Å². The maximum atomic E-state index is 12.8. The second kappa shape index (κ2) is 9.06. The Morgan fingerprint density at radius 3 is 2.39 bits per heavy atom. The van der Waals surface area contributed by atoms with Crippen LogP contribution in [0.1, 0.15) is 64.0 Å². The molecule has 0 bridgehead atoms. The summed E-state index contributed by atoms with van der Waals surface area (Å²) >= 11 is 6.29. The number of ether oxygens (including phenoxy) is 1. The Kier molecular flexibility index (Phi) is 7.02. The number of aromatic nitrogens is 1. The van der Waals surface area contributed by atoms with Crippen molar-refractivity contribution >= 4 is 34.9 Å². The molecule has 0 saturated carbocycles. The third kappa shape index (κ3) is 4.28. The topological polar surface area (TPSA) is 88.3 Å². The smallest absolute Gasteiger partial charge is 0.339 e. The lowest BCUT2D eigenvalue weighted by atomic mass is 10.0. The third-order valence-corrected chi connectivity index (χ3v) is 5.10. The number of methoxy groups -OCH3 is 1. The van der Waals surface area contributed by atoms with Gasteiger partial charge in [0, 0.05) is 23.3 Å². The number of Topliss-reactive ketones (excluding diaryl/α,β-unsaturated/α-hetero) is 1. The van der Waals surface area contributed by atoms with Gasteiger partial charge < -0.3 is 15.0 Å². The van der Waals surface area contributed by atoms with Crippen LogP contribution in [0.3, 0.4) is 0 Å². The number of nitrogens with one attached hydrogen (secondary N) is 2. The number of hydrogen-bond acceptors (Lipinski definition) is 4. The van der Waals surface area contributed by atoms with Crippen LogP contribution in [0.4, 0.5) is 5.69 Å². The second-order valence-electron chi connectivity index (χ2n) is 6.52. The number of rotatable bonds is 7. The van der Waals surface area contributed by atoms with E-state index < -0.39 is 5.97 Å². The molecule has 0 fully saturated rings. The average Bonchev–Trinajstić information content (AvgIpc) is 2.97. The minimum Gasteiger partial charge on any atom is -0.465 e. The van der Waals surface area contributed by atoms with Gasteiger partial charge in [-0.2, -0.15) is 0 Å². The molecule has 1 aromatic heterocycles. The van der Waals surface area contributed by atoms with Gasteiger partial charge in [-0.15, -0.1) is 0 Å². The fraction of sp³-hybridized carbons (Fsp3) is 0.381. The van der Waals surface area contributed by atoms with E-state index in [0.717, 1.165) is 17.5 Å². The third-order valence-electron chi connectivity index (χ3n) is 4.75. The van der Waals surface area contributed by atoms with E-state index in [1.165, 1.54) is 14.0 Å². The van der Waals surface area contributed by atoms with E-state index in [0.29, 0.717) is 34.1 Å². The average molecular weight is 405 g/mol. The van der Waals surface area contributed by atoms with Crippen LogP contribution >= 0.6 is 11.6 Å². The number of amides is 1. The first-order chi connectivity index (χ1) is 13.2. The van der Waals surface area contributed by atoms with E-state index >= 15 is 0 Å². The number of carbonyl (C=O) groups is 3. The standard InChI is InChI=1S/C21H25ClN2O4/c1-6-13-8-9-15(22)14(7-2)20(13)24-17(26)10-16-18(21(27)28-5)11(3)19(23-16)12(4)25/h8-9,23H,6-7,10H2,1-5H3,(H,24,26). The number of anilines is 1. The van der Waals surface area contributed by atoms with Crippen LogP contribution in [0.25, 0.3) is 0 Å². The van der Waals surface area contributed by atoms with E-state index in [2.05, 4.69) is 10.3 Å². The summed E-state index contributed by atoms with van der Waals surface area (Å²) in [6.07, 6.45) is 1.31. The van der Waals surface area contributed by atoms with Crippen molar-refractivity contribution in [2.24, 2.45) is 0 Å². The van der Waals surface area contributed by atoms with Crippen molar-refractivity contribution in [3.8, 4) is 0 Å². The highest BCUT2D eigenvalue weighted by Crippen LogP contribution is 2.30. The number of aromatic amines is 1. The fourth-order valence-electron chi connectivity index (χ4n) is 3.33. The highest BCUT2D eigenvalue weighted by molar-refractivity contribution is 6.32. The van der Waals surface area contributed by atoms with Crippen LogP contribution in [0.2, 0.25) is 5.02 Å². The first kappa shape index (κ1) is 21.7. The summed E-state index contributed by atoms with van der Waals surface area (Å²) in [4.78, 5) is 39.7. The van der Waals surface area contributed by atoms with E-state index in [-0.39, 0.29) is 23.7 Å². The van der Waals surface area contributed by atoms with Gasteiger partial charge in [0.15, 0.2) is 5.78 Å². The number of aryl methyl sites for hydroxylation is 1. The molecule has 28 heavy (non-hydrogen) atoms. The second-order valence-corrected chi connectivity index (χ2v) is 6.93. The van der Waals surface area contributed by atoms with Gasteiger partial charge in [-0.05, 0) is 42.5 Å². The molecule has 2 aromatic rings. The Morgan fingerprint density at radius 1 is 1.18 bits per heavy atom. The molecule has 1 heterocycles. The summed E-state index contributed by atoms with van der Waals surface area (Å²) in [5.74, 6) is -1.12. The number of benzene rings is 1. The zero-order valence-electron chi connectivity index (χ0n) is 16.8. The molecular weight excluding hydrogens is 380 g/mol. The summed E-state index contributed by atoms with van der Waals surface area (Å²) in [5.41, 5.74) is 3.91. The highest BCUT2D eigenvalue weighted by atomic mass is 35.5. The molecule has 1 aromatic carbocycles. The number of ketones is 1. The summed E-state index contributed by atoms with van der Waals surface area (Å²) in [6, 6.07) is 3.72. The molecule has 0 aliphatic carbocycles. The molecule has 0 saturated heterocycles. The summed E-state index contributed by atoms with van der Waals surface area (Å²) in [5, 5.41) is 3.53. The monoisotopic (exact) mass is 404 g/mol. The molecular formula is C21H25ClN2O4. The maximum absolute atomic E-state index is 12.8. The molecule has 1 amide bonds. The van der Waals surface area contributed by atoms with Crippen molar-refractivity contribution < 1.29 is 19.1 Å². The lowest BCUT2D eigenvalue weighted by Crippen LogP contribution is -2.19. The van der Waals surface area contributed by atoms with E-state index in [1.807, 2.05) is 26.0 Å². The molecule has 0 spiro atoms. The molecule has 0 unspecified atom stereocenters. The van der Waals surface area contributed by atoms with Gasteiger partial charge in [0.1, 0.15) is 0 Å². The Morgan fingerprint density at radius 2 is 1.86 bits per heavy atom. The molecule has 0 aliphatic heterocycles.